The summed E-state index contributed by atoms with van der Waals surface area (Å²) in [6, 6.07) is 10.1. The van der Waals surface area contributed by atoms with Gasteiger partial charge >= 0.3 is 0 Å². The van der Waals surface area contributed by atoms with Crippen molar-refractivity contribution < 1.29 is 9.21 Å². The first-order chi connectivity index (χ1) is 12.7. The predicted octanol–water partition coefficient (Wildman–Crippen LogP) is 4.67. The predicted molar refractivity (Wildman–Crippen MR) is 102 cm³/mol. The van der Waals surface area contributed by atoms with Crippen molar-refractivity contribution in [3.8, 4) is 11.5 Å². The van der Waals surface area contributed by atoms with E-state index in [4.69, 9.17) is 4.42 Å². The molecule has 1 aliphatic rings. The Morgan fingerprint density at radius 3 is 3.08 bits per heavy atom. The van der Waals surface area contributed by atoms with E-state index in [0.29, 0.717) is 17.5 Å². The average Bonchev–Trinajstić information content (AvgIpc) is 3.41. The zero-order chi connectivity index (χ0) is 17.9. The molecule has 4 rings (SSSR count). The van der Waals surface area contributed by atoms with Gasteiger partial charge in [0.1, 0.15) is 11.5 Å². The number of nitrogens with zero attached hydrogens (tertiary/aromatic N) is 2. The molecule has 0 spiro atoms. The minimum Gasteiger partial charge on any atom is -0.460 e. The molecule has 4 heterocycles. The standard InChI is InChI=1S/C20H23N3O2S/c1-14-7-10-19(25-14)17-13-18(22-21-17)20(24)23-11-3-2-5-15(23)8-9-16-6-4-12-26-16/h4,6-7,10,12-13,15H,2-3,5,8-9,11H2,1H3,(H,21,22)/t15-/m1/s1. The van der Waals surface area contributed by atoms with E-state index in [1.807, 2.05) is 24.0 Å². The van der Waals surface area contributed by atoms with Crippen molar-refractivity contribution in [2.45, 2.75) is 45.1 Å². The zero-order valence-corrected chi connectivity index (χ0v) is 15.7. The van der Waals surface area contributed by atoms with Gasteiger partial charge in [-0.2, -0.15) is 5.10 Å². The molecule has 0 bridgehead atoms. The number of hydrogen-bond donors (Lipinski definition) is 1. The molecule has 0 unspecified atom stereocenters. The highest BCUT2D eigenvalue weighted by atomic mass is 32.1. The molecule has 1 amide bonds. The highest BCUT2D eigenvalue weighted by Gasteiger charge is 2.29. The maximum absolute atomic E-state index is 13.0. The summed E-state index contributed by atoms with van der Waals surface area (Å²) in [4.78, 5) is 16.4. The fourth-order valence-electron chi connectivity index (χ4n) is 3.62. The van der Waals surface area contributed by atoms with Gasteiger partial charge in [0.05, 0.1) is 0 Å². The molecule has 26 heavy (non-hydrogen) atoms. The van der Waals surface area contributed by atoms with Gasteiger partial charge in [-0.3, -0.25) is 9.89 Å². The van der Waals surface area contributed by atoms with Crippen LogP contribution in [0, 0.1) is 6.92 Å². The summed E-state index contributed by atoms with van der Waals surface area (Å²) in [5.74, 6) is 1.57. The van der Waals surface area contributed by atoms with Gasteiger partial charge in [0.2, 0.25) is 0 Å². The number of aryl methyl sites for hydroxylation is 2. The first kappa shape index (κ1) is 17.1. The topological polar surface area (TPSA) is 62.1 Å². The van der Waals surface area contributed by atoms with Gasteiger partial charge in [0.25, 0.3) is 5.91 Å². The van der Waals surface area contributed by atoms with E-state index < -0.39 is 0 Å². The largest absolute Gasteiger partial charge is 0.460 e. The molecule has 1 aliphatic heterocycles. The highest BCUT2D eigenvalue weighted by Crippen LogP contribution is 2.26. The van der Waals surface area contributed by atoms with Crippen LogP contribution in [0.3, 0.4) is 0 Å². The molecule has 1 atom stereocenters. The number of piperidine rings is 1. The number of H-pyrrole nitrogens is 1. The second kappa shape index (κ2) is 7.50. The summed E-state index contributed by atoms with van der Waals surface area (Å²) in [5.41, 5.74) is 1.21. The van der Waals surface area contributed by atoms with Crippen LogP contribution in [0.15, 0.2) is 40.1 Å². The van der Waals surface area contributed by atoms with Crippen molar-refractivity contribution >= 4 is 17.2 Å². The van der Waals surface area contributed by atoms with Crippen molar-refractivity contribution in [3.05, 3.63) is 52.0 Å². The summed E-state index contributed by atoms with van der Waals surface area (Å²) in [6.07, 6.45) is 5.38. The molecular formula is C20H23N3O2S. The van der Waals surface area contributed by atoms with Crippen LogP contribution in [-0.4, -0.2) is 33.6 Å². The molecule has 0 aliphatic carbocycles. The van der Waals surface area contributed by atoms with Crippen LogP contribution in [0.5, 0.6) is 0 Å². The summed E-state index contributed by atoms with van der Waals surface area (Å²) in [7, 11) is 0. The van der Waals surface area contributed by atoms with Gasteiger partial charge in [-0.1, -0.05) is 6.07 Å². The SMILES string of the molecule is Cc1ccc(-c2cc(C(=O)N3CCCC[C@@H]3CCc3cccs3)n[nH]2)o1. The van der Waals surface area contributed by atoms with Crippen LogP contribution in [0.25, 0.3) is 11.5 Å². The third kappa shape index (κ3) is 3.60. The molecule has 0 radical (unpaired) electrons. The molecule has 136 valence electrons. The van der Waals surface area contributed by atoms with E-state index in [-0.39, 0.29) is 5.91 Å². The normalized spacial score (nSPS) is 17.6. The number of carbonyl (C=O) groups is 1. The quantitative estimate of drug-likeness (QED) is 0.711. The summed E-state index contributed by atoms with van der Waals surface area (Å²) in [6.45, 7) is 2.72. The van der Waals surface area contributed by atoms with Gasteiger partial charge < -0.3 is 9.32 Å². The van der Waals surface area contributed by atoms with Crippen molar-refractivity contribution in [2.24, 2.45) is 0 Å². The van der Waals surface area contributed by atoms with Gasteiger partial charge in [-0.05, 0) is 62.6 Å². The summed E-state index contributed by atoms with van der Waals surface area (Å²) < 4.78 is 5.61. The molecule has 5 nitrogen and oxygen atoms in total. The van der Waals surface area contributed by atoms with Crippen molar-refractivity contribution in [1.29, 1.82) is 0 Å². The smallest absolute Gasteiger partial charge is 0.274 e. The average molecular weight is 369 g/mol. The lowest BCUT2D eigenvalue weighted by Crippen LogP contribution is -2.44. The van der Waals surface area contributed by atoms with Crippen LogP contribution < -0.4 is 0 Å². The minimum absolute atomic E-state index is 0.0201. The van der Waals surface area contributed by atoms with E-state index >= 15 is 0 Å². The number of rotatable bonds is 5. The van der Waals surface area contributed by atoms with E-state index in [0.717, 1.165) is 43.7 Å². The molecule has 3 aromatic heterocycles. The van der Waals surface area contributed by atoms with Gasteiger partial charge in [0, 0.05) is 23.5 Å². The Labute approximate surface area is 157 Å². The van der Waals surface area contributed by atoms with Crippen LogP contribution in [0.4, 0.5) is 0 Å². The van der Waals surface area contributed by atoms with Gasteiger partial charge in [-0.15, -0.1) is 11.3 Å². The third-order valence-electron chi connectivity index (χ3n) is 4.99. The van der Waals surface area contributed by atoms with Crippen molar-refractivity contribution in [2.75, 3.05) is 6.54 Å². The lowest BCUT2D eigenvalue weighted by Gasteiger charge is -2.35. The van der Waals surface area contributed by atoms with Crippen molar-refractivity contribution in [1.82, 2.24) is 15.1 Å². The number of likely N-dealkylation sites (tertiary alicyclic amines) is 1. The van der Waals surface area contributed by atoms with Crippen LogP contribution >= 0.6 is 11.3 Å². The molecular weight excluding hydrogens is 346 g/mol. The number of aromatic amines is 1. The monoisotopic (exact) mass is 369 g/mol. The summed E-state index contributed by atoms with van der Waals surface area (Å²) >= 11 is 1.79. The number of aromatic nitrogens is 2. The Bertz CT molecular complexity index is 865. The van der Waals surface area contributed by atoms with Crippen LogP contribution in [-0.2, 0) is 6.42 Å². The summed E-state index contributed by atoms with van der Waals surface area (Å²) in [5, 5.41) is 9.29. The number of thiophene rings is 1. The zero-order valence-electron chi connectivity index (χ0n) is 14.9. The fourth-order valence-corrected chi connectivity index (χ4v) is 4.34. The van der Waals surface area contributed by atoms with E-state index in [1.54, 1.807) is 17.4 Å². The number of nitrogens with one attached hydrogen (secondary N) is 1. The lowest BCUT2D eigenvalue weighted by atomic mass is 9.97. The number of amides is 1. The number of carbonyl (C=O) groups excluding carboxylic acids is 1. The minimum atomic E-state index is 0.0201. The molecule has 1 N–H and O–H groups in total. The maximum Gasteiger partial charge on any atom is 0.274 e. The van der Waals surface area contributed by atoms with Gasteiger partial charge in [-0.25, -0.2) is 0 Å². The second-order valence-electron chi connectivity index (χ2n) is 6.84. The van der Waals surface area contributed by atoms with Gasteiger partial charge in [0.15, 0.2) is 11.5 Å². The number of hydrogen-bond acceptors (Lipinski definition) is 4. The first-order valence-corrected chi connectivity index (χ1v) is 10.0. The van der Waals surface area contributed by atoms with Crippen molar-refractivity contribution in [3.63, 3.8) is 0 Å². The molecule has 0 aromatic carbocycles. The van der Waals surface area contributed by atoms with E-state index in [2.05, 4.69) is 27.7 Å². The molecule has 6 heteroatoms. The second-order valence-corrected chi connectivity index (χ2v) is 7.88. The highest BCUT2D eigenvalue weighted by molar-refractivity contribution is 7.09. The van der Waals surface area contributed by atoms with E-state index in [9.17, 15) is 4.79 Å². The molecule has 1 saturated heterocycles. The fraction of sp³-hybridized carbons (Fsp3) is 0.400. The third-order valence-corrected chi connectivity index (χ3v) is 5.93. The Kier molecular flexibility index (Phi) is 4.93. The Balaban J connectivity index is 1.47. The molecule has 0 saturated carbocycles. The maximum atomic E-state index is 13.0. The lowest BCUT2D eigenvalue weighted by molar-refractivity contribution is 0.0596. The van der Waals surface area contributed by atoms with Crippen LogP contribution in [0.1, 0.15) is 46.8 Å². The Morgan fingerprint density at radius 2 is 2.31 bits per heavy atom. The van der Waals surface area contributed by atoms with E-state index in [1.165, 1.54) is 11.3 Å². The Hall–Kier alpha value is -2.34. The first-order valence-electron chi connectivity index (χ1n) is 9.16. The van der Waals surface area contributed by atoms with Crippen LogP contribution in [0.2, 0.25) is 0 Å². The number of furan rings is 1. The molecule has 1 fully saturated rings. The Morgan fingerprint density at radius 1 is 1.38 bits per heavy atom. The molecule has 3 aromatic rings.